The van der Waals surface area contributed by atoms with Crippen LogP contribution in [0.1, 0.15) is 220 Å². The second kappa shape index (κ2) is 39.8. The fourth-order valence-corrected chi connectivity index (χ4v) is 17.1. The summed E-state index contributed by atoms with van der Waals surface area (Å²) in [6.07, 6.45) is 18.7. The molecule has 29 nitrogen and oxygen atoms in total. The molecule has 0 saturated heterocycles. The highest BCUT2D eigenvalue weighted by Gasteiger charge is 2.42. The molecule has 0 spiro atoms. The first-order chi connectivity index (χ1) is 61.2. The summed E-state index contributed by atoms with van der Waals surface area (Å²) in [6, 6.07) is 7.11. The van der Waals surface area contributed by atoms with Crippen LogP contribution in [0.3, 0.4) is 0 Å². The molecule has 4 saturated carbocycles. The topological polar surface area (TPSA) is 388 Å². The van der Waals surface area contributed by atoms with Gasteiger partial charge in [0.15, 0.2) is 11.6 Å². The van der Waals surface area contributed by atoms with E-state index >= 15 is 8.78 Å². The number of nitrogens with zero attached hydrogens (tertiary/aromatic N) is 16. The molecule has 130 heavy (non-hydrogen) atoms. The standard InChI is InChI=1S/C23H26F4N6O.C22H24F4N6O.C22H27F3N6O.C22H31FN8/c1-14-19(15(2)34-32-14)16-8-18(30-12-22(24)6-4-3-5-7-22)21(29-9-16)20(28)17-10-31-33(11-17)13-23(25,26)27;1-12(27)18(13(2)33)15-4-17-20(28-7-15)19(16-8-29-31(10-16)11-22(24,25)26)30-32(17)9-14-5-21(3,23)6-14;1-13(26)18(14(2)32)15-8-17(29-12-22(25)6-4-3-5-7-22)20(28-9-15)19(27)16-10-30-31(11-16)21(23)24;1-14-21(31(4)29-28-14)16-9-18(25-10-15-5-7-22(2,23)8-6-15)20(26-11-16)19(24)17-12-27-30(3)13-17/h8-11,28,30H,3-7,12-13H2,1-2H3;4,7-8,10,14H,5-6,9,11,27H2,1-3H3;8-11,21,27,29H,3-7,12,26H2,1-2H3;9,11-13,15,24-25,28-29H,5-8,10H2,1-4H3. The molecule has 0 radical (unpaired) electrons. The molecule has 0 atom stereocenters. The first-order valence-electron chi connectivity index (χ1n) is 42.7. The monoisotopic (exact) mass is 1820 g/mol. The van der Waals surface area contributed by atoms with Gasteiger partial charge in [-0.25, -0.2) is 22.2 Å². The zero-order valence-corrected chi connectivity index (χ0v) is 74.1. The largest absolute Gasteiger partial charge is 0.408 e. The van der Waals surface area contributed by atoms with Gasteiger partial charge in [-0.2, -0.15) is 60.6 Å². The van der Waals surface area contributed by atoms with Crippen molar-refractivity contribution in [2.45, 2.75) is 226 Å². The number of ketones is 2. The fraction of sp³-hybridized carbons (Fsp3) is 0.472. The fourth-order valence-electron chi connectivity index (χ4n) is 17.1. The molecule has 12 N–H and O–H groups in total. The predicted molar refractivity (Wildman–Crippen MR) is 470 cm³/mol. The number of aryl methyl sites for hydroxylation is 3. The van der Waals surface area contributed by atoms with Gasteiger partial charge >= 0.3 is 18.9 Å². The van der Waals surface area contributed by atoms with Gasteiger partial charge in [-0.1, -0.05) is 43.7 Å². The number of hydrazine groups is 2. The van der Waals surface area contributed by atoms with Gasteiger partial charge in [-0.15, -0.1) is 5.53 Å². The number of hydrogen-bond acceptors (Lipinski definition) is 24. The molecule has 10 aromatic heterocycles. The lowest BCUT2D eigenvalue weighted by Crippen LogP contribution is -2.38. The quantitative estimate of drug-likeness (QED) is 0.0130. The van der Waals surface area contributed by atoms with Crippen LogP contribution >= 0.6 is 0 Å². The first kappa shape index (κ1) is 96.5. The number of Topliss-reactive ketones (excluding diaryl/α,β-unsaturated/α-hetero) is 2. The van der Waals surface area contributed by atoms with E-state index in [1.165, 1.54) is 44.8 Å². The Morgan fingerprint density at radius 3 is 1.56 bits per heavy atom. The molecule has 0 aromatic carbocycles. The SMILES string of the molecule is CC(=O)C(=C(C)N)c1cnc(C(=N)c2cnn(C(F)F)c2)c(NCC2(F)CCCCC2)c1.CC(=O)C(=C(C)N)c1cnc2c(-c3cnn(CC(F)(F)F)c3)nn(CC3CC(C)(F)C3)c2c1.CC1=C(c2cnc(C(=N)c3cnn(C)c3)c(NCC3CCC(C)(F)CC3)c2)N(C)NN1.Cc1noc(C)c1-c1cnc(C(=N)c2cnn(CC(F)(F)F)c2)c(NCC2(F)CCCCC2)c1. The van der Waals surface area contributed by atoms with Crippen molar-refractivity contribution in [3.63, 3.8) is 0 Å². The molecular weight excluding hydrogens is 1710 g/mol. The van der Waals surface area contributed by atoms with Crippen LogP contribution in [0.5, 0.6) is 0 Å². The van der Waals surface area contributed by atoms with Gasteiger partial charge in [0, 0.05) is 162 Å². The molecule has 4 fully saturated rings. The number of nitrogens with two attached hydrogens (primary N) is 2. The van der Waals surface area contributed by atoms with Crippen molar-refractivity contribution in [3.8, 4) is 22.4 Å². The number of carbonyl (C=O) groups excluding carboxylic acids is 2. The maximum absolute atomic E-state index is 15.3. The minimum absolute atomic E-state index is 0.00936. The average Bonchev–Trinajstić information content (AvgIpc) is 1.60. The zero-order valence-electron chi connectivity index (χ0n) is 74.1. The van der Waals surface area contributed by atoms with Crippen LogP contribution in [0.4, 0.5) is 69.7 Å². The molecule has 10 aromatic rings. The van der Waals surface area contributed by atoms with Crippen molar-refractivity contribution in [1.82, 2.24) is 90.0 Å². The molecule has 4 aliphatic carbocycles. The number of nitrogens with one attached hydrogen (secondary N) is 8. The first-order valence-corrected chi connectivity index (χ1v) is 42.7. The van der Waals surface area contributed by atoms with Crippen LogP contribution in [0.2, 0.25) is 0 Å². The molecule has 0 unspecified atom stereocenters. The smallest absolute Gasteiger partial charge is 0.402 e. The molecule has 41 heteroatoms. The van der Waals surface area contributed by atoms with Gasteiger partial charge in [0.1, 0.15) is 69.8 Å². The van der Waals surface area contributed by atoms with Crippen molar-refractivity contribution in [2.24, 2.45) is 30.4 Å². The van der Waals surface area contributed by atoms with Crippen LogP contribution in [-0.4, -0.2) is 169 Å². The summed E-state index contributed by atoms with van der Waals surface area (Å²) in [5, 5.41) is 61.2. The summed E-state index contributed by atoms with van der Waals surface area (Å²) in [6.45, 7) is 10.7. The van der Waals surface area contributed by atoms with Gasteiger partial charge in [0.25, 0.3) is 0 Å². The normalized spacial score (nSPS) is 19.4. The number of rotatable bonds is 27. The van der Waals surface area contributed by atoms with Crippen molar-refractivity contribution in [1.29, 1.82) is 16.2 Å². The van der Waals surface area contributed by atoms with Gasteiger partial charge in [-0.3, -0.25) is 69.5 Å². The number of carbonyl (C=O) groups is 2. The van der Waals surface area contributed by atoms with Crippen LogP contribution in [0.25, 0.3) is 50.3 Å². The van der Waals surface area contributed by atoms with Gasteiger partial charge in [0.2, 0.25) is 0 Å². The number of aromatic nitrogens is 15. The summed E-state index contributed by atoms with van der Waals surface area (Å²) in [5.74, 6) is 0.588. The molecule has 11 heterocycles. The Hall–Kier alpha value is -12.6. The average molecular weight is 1820 g/mol. The van der Waals surface area contributed by atoms with E-state index in [4.69, 9.17) is 32.2 Å². The van der Waals surface area contributed by atoms with Crippen LogP contribution in [-0.2, 0) is 36.3 Å². The Kier molecular flexibility index (Phi) is 29.5. The molecule has 0 bridgehead atoms. The Bertz CT molecular complexity index is 5850. The minimum Gasteiger partial charge on any atom is -0.402 e. The van der Waals surface area contributed by atoms with Gasteiger partial charge in [0.05, 0.1) is 81.6 Å². The maximum atomic E-state index is 15.3. The summed E-state index contributed by atoms with van der Waals surface area (Å²) in [7, 11) is 3.77. The van der Waals surface area contributed by atoms with Crippen LogP contribution in [0, 0.1) is 41.9 Å². The summed E-state index contributed by atoms with van der Waals surface area (Å²) >= 11 is 0. The van der Waals surface area contributed by atoms with E-state index in [0.29, 0.717) is 164 Å². The second-order valence-corrected chi connectivity index (χ2v) is 34.8. The van der Waals surface area contributed by atoms with Crippen LogP contribution < -0.4 is 38.4 Å². The number of anilines is 3. The van der Waals surface area contributed by atoms with E-state index in [9.17, 15) is 53.5 Å². The van der Waals surface area contributed by atoms with Crippen LogP contribution in [0.15, 0.2) is 120 Å². The summed E-state index contributed by atoms with van der Waals surface area (Å²) in [5.41, 5.74) is 25.5. The minimum atomic E-state index is -4.43. The van der Waals surface area contributed by atoms with E-state index in [2.05, 4.69) is 77.5 Å². The maximum Gasteiger partial charge on any atom is 0.408 e. The third kappa shape index (κ3) is 24.1. The van der Waals surface area contributed by atoms with E-state index in [0.717, 1.165) is 114 Å². The lowest BCUT2D eigenvalue weighted by Gasteiger charge is -2.38. The highest BCUT2D eigenvalue weighted by Crippen LogP contribution is 2.44. The molecule has 15 rings (SSSR count). The van der Waals surface area contributed by atoms with Crippen molar-refractivity contribution in [2.75, 3.05) is 42.6 Å². The molecule has 696 valence electrons. The number of alkyl halides is 12. The molecule has 5 aliphatic rings. The van der Waals surface area contributed by atoms with Crippen molar-refractivity contribution in [3.05, 3.63) is 178 Å². The van der Waals surface area contributed by atoms with Gasteiger partial charge < -0.3 is 37.4 Å². The number of allylic oxidation sites excluding steroid dienone is 5. The highest BCUT2D eigenvalue weighted by atomic mass is 19.4. The highest BCUT2D eigenvalue weighted by molar-refractivity contribution is 6.22. The Morgan fingerprint density at radius 2 is 1.06 bits per heavy atom. The summed E-state index contributed by atoms with van der Waals surface area (Å²) < 4.78 is 171. The lowest BCUT2D eigenvalue weighted by atomic mass is 9.73. The Morgan fingerprint density at radius 1 is 0.569 bits per heavy atom. The van der Waals surface area contributed by atoms with E-state index < -0.39 is 54.7 Å². The summed E-state index contributed by atoms with van der Waals surface area (Å²) in [4.78, 5) is 42.1. The Labute approximate surface area is 742 Å². The van der Waals surface area contributed by atoms with Crippen molar-refractivity contribution < 1.29 is 66.8 Å². The lowest BCUT2D eigenvalue weighted by molar-refractivity contribution is -0.143. The van der Waals surface area contributed by atoms with E-state index in [1.54, 1.807) is 87.7 Å². The second-order valence-electron chi connectivity index (χ2n) is 34.8. The molecule has 1 aliphatic heterocycles. The number of halogens is 12. The van der Waals surface area contributed by atoms with E-state index in [-0.39, 0.29) is 70.1 Å². The van der Waals surface area contributed by atoms with Gasteiger partial charge in [-0.05, 0) is 163 Å². The number of fused-ring (bicyclic) bond motifs is 1. The predicted octanol–water partition coefficient (Wildman–Crippen LogP) is 17.5. The number of pyridine rings is 4. The third-order valence-electron chi connectivity index (χ3n) is 23.6. The number of hydrogen-bond donors (Lipinski definition) is 10. The molecular formula is C89H108F12N26O3. The van der Waals surface area contributed by atoms with E-state index in [1.807, 2.05) is 38.3 Å². The Balaban J connectivity index is 0.000000157. The third-order valence-corrected chi connectivity index (χ3v) is 23.6. The zero-order chi connectivity index (χ0) is 94.3. The molecule has 0 amide bonds. The van der Waals surface area contributed by atoms with Crippen molar-refractivity contribution >= 4 is 73.6 Å².